The van der Waals surface area contributed by atoms with Gasteiger partial charge in [0.1, 0.15) is 5.82 Å². The summed E-state index contributed by atoms with van der Waals surface area (Å²) >= 11 is 11.7. The smallest absolute Gasteiger partial charge is 0.336 e. The molecular weight excluding hydrogens is 302 g/mol. The Morgan fingerprint density at radius 1 is 1.05 bits per heavy atom. The lowest BCUT2D eigenvalue weighted by Gasteiger charge is -2.05. The summed E-state index contributed by atoms with van der Waals surface area (Å²) in [6.07, 6.45) is 1.45. The zero-order valence-corrected chi connectivity index (χ0v) is 11.6. The summed E-state index contributed by atoms with van der Waals surface area (Å²) in [4.78, 5) is 11.3. The monoisotopic (exact) mass is 310 g/mol. The fourth-order valence-electron chi connectivity index (χ4n) is 1.66. The Balaban J connectivity index is 2.48. The van der Waals surface area contributed by atoms with Crippen LogP contribution in [0.25, 0.3) is 11.6 Å². The topological polar surface area (TPSA) is 37.3 Å². The van der Waals surface area contributed by atoms with Gasteiger partial charge >= 0.3 is 5.97 Å². The number of hydrogen-bond acceptors (Lipinski definition) is 1. The summed E-state index contributed by atoms with van der Waals surface area (Å²) in [5.41, 5.74) is 1.06. The van der Waals surface area contributed by atoms with Crippen molar-refractivity contribution in [3.05, 3.63) is 69.5 Å². The van der Waals surface area contributed by atoms with E-state index >= 15 is 0 Å². The number of aliphatic carboxylic acids is 1. The normalized spacial score (nSPS) is 11.4. The molecule has 2 aromatic carbocycles. The van der Waals surface area contributed by atoms with Gasteiger partial charge in [-0.25, -0.2) is 9.18 Å². The molecule has 0 saturated heterocycles. The summed E-state index contributed by atoms with van der Waals surface area (Å²) in [5.74, 6) is -1.48. The highest BCUT2D eigenvalue weighted by molar-refractivity contribution is 6.42. The Labute approximate surface area is 125 Å². The molecule has 20 heavy (non-hydrogen) atoms. The van der Waals surface area contributed by atoms with Crippen molar-refractivity contribution in [3.8, 4) is 0 Å². The summed E-state index contributed by atoms with van der Waals surface area (Å²) < 4.78 is 12.8. The van der Waals surface area contributed by atoms with Gasteiger partial charge in [0.25, 0.3) is 0 Å². The number of benzene rings is 2. The predicted octanol–water partition coefficient (Wildman–Crippen LogP) is 4.76. The van der Waals surface area contributed by atoms with Crippen LogP contribution >= 0.6 is 23.2 Å². The van der Waals surface area contributed by atoms with Gasteiger partial charge in [0, 0.05) is 0 Å². The molecule has 0 bridgehead atoms. The lowest BCUT2D eigenvalue weighted by Crippen LogP contribution is -1.99. The molecule has 1 N–H and O–H groups in total. The SMILES string of the molecule is O=C(O)/C(=C\c1ccc(F)cc1)c1ccc(Cl)c(Cl)c1. The number of carbonyl (C=O) groups is 1. The third kappa shape index (κ3) is 3.38. The maximum Gasteiger partial charge on any atom is 0.336 e. The first-order chi connectivity index (χ1) is 9.47. The molecule has 102 valence electrons. The van der Waals surface area contributed by atoms with E-state index in [1.165, 1.54) is 42.5 Å². The quantitative estimate of drug-likeness (QED) is 0.655. The van der Waals surface area contributed by atoms with Gasteiger partial charge in [-0.3, -0.25) is 0 Å². The predicted molar refractivity (Wildman–Crippen MR) is 78.4 cm³/mol. The van der Waals surface area contributed by atoms with Gasteiger partial charge in [0.05, 0.1) is 15.6 Å². The lowest BCUT2D eigenvalue weighted by atomic mass is 10.0. The third-order valence-corrected chi connectivity index (χ3v) is 3.38. The van der Waals surface area contributed by atoms with Crippen LogP contribution in [-0.4, -0.2) is 11.1 Å². The van der Waals surface area contributed by atoms with E-state index in [0.717, 1.165) is 0 Å². The van der Waals surface area contributed by atoms with E-state index in [2.05, 4.69) is 0 Å². The average Bonchev–Trinajstić information content (AvgIpc) is 2.41. The molecule has 0 amide bonds. The molecular formula is C15H9Cl2FO2. The number of carboxylic acids is 1. The van der Waals surface area contributed by atoms with Gasteiger partial charge < -0.3 is 5.11 Å². The fourth-order valence-corrected chi connectivity index (χ4v) is 1.96. The number of halogens is 3. The van der Waals surface area contributed by atoms with Crippen molar-refractivity contribution in [1.29, 1.82) is 0 Å². The Morgan fingerprint density at radius 2 is 1.70 bits per heavy atom. The van der Waals surface area contributed by atoms with E-state index in [1.54, 1.807) is 6.07 Å². The molecule has 2 rings (SSSR count). The molecule has 0 heterocycles. The molecule has 0 radical (unpaired) electrons. The van der Waals surface area contributed by atoms with Crippen LogP contribution in [-0.2, 0) is 4.79 Å². The summed E-state index contributed by atoms with van der Waals surface area (Å²) in [7, 11) is 0. The first kappa shape index (κ1) is 14.6. The molecule has 0 fully saturated rings. The van der Waals surface area contributed by atoms with Crippen molar-refractivity contribution in [2.24, 2.45) is 0 Å². The molecule has 0 atom stereocenters. The number of hydrogen-bond donors (Lipinski definition) is 1. The molecule has 2 aromatic rings. The second-order valence-corrected chi connectivity index (χ2v) is 4.86. The van der Waals surface area contributed by atoms with Crippen LogP contribution in [0.2, 0.25) is 10.0 Å². The minimum Gasteiger partial charge on any atom is -0.478 e. The van der Waals surface area contributed by atoms with Crippen LogP contribution in [0.15, 0.2) is 42.5 Å². The molecule has 0 aromatic heterocycles. The first-order valence-corrected chi connectivity index (χ1v) is 6.39. The molecule has 0 aliphatic carbocycles. The highest BCUT2D eigenvalue weighted by Crippen LogP contribution is 2.27. The Kier molecular flexibility index (Phi) is 4.42. The van der Waals surface area contributed by atoms with Crippen molar-refractivity contribution in [1.82, 2.24) is 0 Å². The fraction of sp³-hybridized carbons (Fsp3) is 0. The highest BCUT2D eigenvalue weighted by atomic mass is 35.5. The van der Waals surface area contributed by atoms with Gasteiger partial charge in [-0.05, 0) is 41.5 Å². The molecule has 0 aliphatic rings. The second kappa shape index (κ2) is 6.07. The molecule has 0 saturated carbocycles. The van der Waals surface area contributed by atoms with Crippen LogP contribution in [0, 0.1) is 5.82 Å². The largest absolute Gasteiger partial charge is 0.478 e. The number of rotatable bonds is 3. The van der Waals surface area contributed by atoms with E-state index in [0.29, 0.717) is 16.1 Å². The standard InChI is InChI=1S/C15H9Cl2FO2/c16-13-6-3-10(8-14(13)17)12(15(19)20)7-9-1-4-11(18)5-2-9/h1-8H,(H,19,20)/b12-7-. The van der Waals surface area contributed by atoms with Crippen molar-refractivity contribution >= 4 is 40.8 Å². The van der Waals surface area contributed by atoms with E-state index in [-0.39, 0.29) is 16.4 Å². The maximum absolute atomic E-state index is 12.8. The zero-order valence-electron chi connectivity index (χ0n) is 10.1. The Morgan fingerprint density at radius 3 is 2.25 bits per heavy atom. The van der Waals surface area contributed by atoms with Gasteiger partial charge in [-0.2, -0.15) is 0 Å². The summed E-state index contributed by atoms with van der Waals surface area (Å²) in [6.45, 7) is 0. The van der Waals surface area contributed by atoms with Gasteiger partial charge in [0.2, 0.25) is 0 Å². The average molecular weight is 311 g/mol. The highest BCUT2D eigenvalue weighted by Gasteiger charge is 2.12. The molecule has 0 aliphatic heterocycles. The second-order valence-electron chi connectivity index (χ2n) is 4.04. The van der Waals surface area contributed by atoms with Gasteiger partial charge in [-0.1, -0.05) is 41.4 Å². The van der Waals surface area contributed by atoms with Crippen molar-refractivity contribution < 1.29 is 14.3 Å². The van der Waals surface area contributed by atoms with E-state index in [9.17, 15) is 14.3 Å². The van der Waals surface area contributed by atoms with E-state index in [1.807, 2.05) is 0 Å². The van der Waals surface area contributed by atoms with Crippen LogP contribution in [0.5, 0.6) is 0 Å². The first-order valence-electron chi connectivity index (χ1n) is 5.63. The lowest BCUT2D eigenvalue weighted by molar-refractivity contribution is -0.130. The minimum atomic E-state index is -1.10. The van der Waals surface area contributed by atoms with Crippen LogP contribution in [0.4, 0.5) is 4.39 Å². The van der Waals surface area contributed by atoms with Crippen molar-refractivity contribution in [2.75, 3.05) is 0 Å². The van der Waals surface area contributed by atoms with Crippen LogP contribution in [0.1, 0.15) is 11.1 Å². The van der Waals surface area contributed by atoms with Crippen molar-refractivity contribution in [2.45, 2.75) is 0 Å². The van der Waals surface area contributed by atoms with Crippen molar-refractivity contribution in [3.63, 3.8) is 0 Å². The van der Waals surface area contributed by atoms with Gasteiger partial charge in [-0.15, -0.1) is 0 Å². The van der Waals surface area contributed by atoms with Crippen LogP contribution < -0.4 is 0 Å². The summed E-state index contributed by atoms with van der Waals surface area (Å²) in [5, 5.41) is 9.91. The molecule has 5 heteroatoms. The van der Waals surface area contributed by atoms with Crippen LogP contribution in [0.3, 0.4) is 0 Å². The maximum atomic E-state index is 12.8. The Bertz CT molecular complexity index is 679. The van der Waals surface area contributed by atoms with Gasteiger partial charge in [0.15, 0.2) is 0 Å². The minimum absolute atomic E-state index is 0.0511. The number of carboxylic acid groups (broad SMARTS) is 1. The zero-order chi connectivity index (χ0) is 14.7. The third-order valence-electron chi connectivity index (χ3n) is 2.64. The van der Waals surface area contributed by atoms with E-state index in [4.69, 9.17) is 23.2 Å². The Hall–Kier alpha value is -1.84. The van der Waals surface area contributed by atoms with E-state index < -0.39 is 5.97 Å². The molecule has 0 unspecified atom stereocenters. The molecule has 2 nitrogen and oxygen atoms in total. The molecule has 0 spiro atoms. The summed E-state index contributed by atoms with van der Waals surface area (Å²) in [6, 6.07) is 10.1.